The summed E-state index contributed by atoms with van der Waals surface area (Å²) in [5.74, 6) is 1.51. The summed E-state index contributed by atoms with van der Waals surface area (Å²) in [5, 5.41) is 2.82. The molecule has 1 aliphatic heterocycles. The van der Waals surface area contributed by atoms with Crippen LogP contribution in [0.1, 0.15) is 44.5 Å². The Labute approximate surface area is 179 Å². The van der Waals surface area contributed by atoms with Crippen LogP contribution in [0.3, 0.4) is 0 Å². The van der Waals surface area contributed by atoms with Gasteiger partial charge in [-0.2, -0.15) is 0 Å². The topological polar surface area (TPSA) is 80.3 Å². The lowest BCUT2D eigenvalue weighted by molar-refractivity contribution is -0.122. The van der Waals surface area contributed by atoms with Crippen LogP contribution in [0.2, 0.25) is 0 Å². The van der Waals surface area contributed by atoms with E-state index in [-0.39, 0.29) is 11.8 Å². The number of hydrogen-bond acceptors (Lipinski definition) is 6. The molecule has 8 heteroatoms. The molecule has 0 radical (unpaired) electrons. The van der Waals surface area contributed by atoms with Crippen molar-refractivity contribution in [3.05, 3.63) is 17.7 Å². The zero-order valence-electron chi connectivity index (χ0n) is 18.7. The van der Waals surface area contributed by atoms with Crippen LogP contribution in [-0.4, -0.2) is 80.7 Å². The van der Waals surface area contributed by atoms with Crippen molar-refractivity contribution in [3.8, 4) is 17.2 Å². The zero-order valence-corrected chi connectivity index (χ0v) is 18.7. The van der Waals surface area contributed by atoms with Gasteiger partial charge in [0.25, 0.3) is 5.91 Å². The van der Waals surface area contributed by atoms with Gasteiger partial charge < -0.3 is 24.4 Å². The molecule has 2 rings (SSSR count). The molecule has 1 aromatic rings. The first-order valence-corrected chi connectivity index (χ1v) is 10.9. The maximum atomic E-state index is 13.2. The summed E-state index contributed by atoms with van der Waals surface area (Å²) in [7, 11) is 0. The van der Waals surface area contributed by atoms with Gasteiger partial charge in [-0.3, -0.25) is 14.5 Å². The number of amides is 2. The summed E-state index contributed by atoms with van der Waals surface area (Å²) in [6.07, 6.45) is 0.818. The summed E-state index contributed by atoms with van der Waals surface area (Å²) in [6, 6.07) is 3.47. The molecule has 1 aliphatic rings. The Morgan fingerprint density at radius 3 is 2.10 bits per heavy atom. The normalized spacial score (nSPS) is 14.7. The van der Waals surface area contributed by atoms with Crippen LogP contribution in [0.25, 0.3) is 0 Å². The lowest BCUT2D eigenvalue weighted by Crippen LogP contribution is -2.40. The monoisotopic (exact) mass is 421 g/mol. The van der Waals surface area contributed by atoms with Crippen molar-refractivity contribution < 1.29 is 23.8 Å². The first-order chi connectivity index (χ1) is 14.5. The Kier molecular flexibility index (Phi) is 9.73. The van der Waals surface area contributed by atoms with Gasteiger partial charge in [0, 0.05) is 38.3 Å². The first kappa shape index (κ1) is 23.8. The number of rotatable bonds is 10. The predicted octanol–water partition coefficient (Wildman–Crippen LogP) is 2.17. The number of ether oxygens (including phenoxy) is 3. The second-order valence-corrected chi connectivity index (χ2v) is 6.98. The first-order valence-electron chi connectivity index (χ1n) is 10.9. The van der Waals surface area contributed by atoms with E-state index in [2.05, 4.69) is 10.2 Å². The van der Waals surface area contributed by atoms with Gasteiger partial charge in [0.15, 0.2) is 11.5 Å². The average Bonchev–Trinajstić information content (AvgIpc) is 2.95. The molecule has 1 aromatic carbocycles. The number of carbonyl (C=O) groups is 2. The van der Waals surface area contributed by atoms with Crippen LogP contribution in [0.4, 0.5) is 0 Å². The van der Waals surface area contributed by atoms with Gasteiger partial charge in [-0.25, -0.2) is 0 Å². The van der Waals surface area contributed by atoms with Crippen LogP contribution in [0, 0.1) is 0 Å². The lowest BCUT2D eigenvalue weighted by atomic mass is 10.1. The molecule has 1 N–H and O–H groups in total. The van der Waals surface area contributed by atoms with E-state index in [0.717, 1.165) is 13.0 Å². The Balaban J connectivity index is 2.17. The number of carbonyl (C=O) groups excluding carboxylic acids is 2. The molecular formula is C22H35N3O5. The van der Waals surface area contributed by atoms with Crippen LogP contribution >= 0.6 is 0 Å². The van der Waals surface area contributed by atoms with Crippen LogP contribution in [0.15, 0.2) is 12.1 Å². The minimum absolute atomic E-state index is 0.0199. The highest BCUT2D eigenvalue weighted by atomic mass is 16.5. The fourth-order valence-corrected chi connectivity index (χ4v) is 3.48. The molecule has 0 atom stereocenters. The third kappa shape index (κ3) is 6.52. The molecule has 8 nitrogen and oxygen atoms in total. The van der Waals surface area contributed by atoms with Crippen molar-refractivity contribution in [2.45, 2.75) is 34.1 Å². The number of nitrogens with zero attached hydrogens (tertiary/aromatic N) is 2. The summed E-state index contributed by atoms with van der Waals surface area (Å²) in [6.45, 7) is 12.6. The van der Waals surface area contributed by atoms with Crippen molar-refractivity contribution in [1.29, 1.82) is 0 Å². The van der Waals surface area contributed by atoms with Crippen molar-refractivity contribution in [2.24, 2.45) is 0 Å². The molecule has 30 heavy (non-hydrogen) atoms. The summed E-state index contributed by atoms with van der Waals surface area (Å²) < 4.78 is 17.2. The van der Waals surface area contributed by atoms with E-state index in [1.165, 1.54) is 0 Å². The highest BCUT2D eigenvalue weighted by molar-refractivity contribution is 5.95. The Bertz CT molecular complexity index is 683. The van der Waals surface area contributed by atoms with E-state index in [0.29, 0.717) is 75.4 Å². The van der Waals surface area contributed by atoms with Crippen molar-refractivity contribution in [1.82, 2.24) is 15.1 Å². The highest BCUT2D eigenvalue weighted by Gasteiger charge is 2.24. The SMILES string of the molecule is CCNC(=O)CN1CCCN(C(=O)c2cc(OCC)c(OCC)c(OCC)c2)CC1. The fraction of sp³-hybridized carbons (Fsp3) is 0.636. The van der Waals surface area contributed by atoms with Crippen molar-refractivity contribution in [3.63, 3.8) is 0 Å². The molecule has 1 saturated heterocycles. The van der Waals surface area contributed by atoms with Gasteiger partial charge in [-0.1, -0.05) is 0 Å². The third-order valence-corrected chi connectivity index (χ3v) is 4.77. The molecule has 0 saturated carbocycles. The van der Waals surface area contributed by atoms with Gasteiger partial charge in [0.1, 0.15) is 0 Å². The van der Waals surface area contributed by atoms with Crippen LogP contribution in [-0.2, 0) is 4.79 Å². The van der Waals surface area contributed by atoms with Gasteiger partial charge in [0.2, 0.25) is 11.7 Å². The zero-order chi connectivity index (χ0) is 21.9. The van der Waals surface area contributed by atoms with E-state index < -0.39 is 0 Å². The summed E-state index contributed by atoms with van der Waals surface area (Å²) in [4.78, 5) is 29.0. The minimum Gasteiger partial charge on any atom is -0.490 e. The molecule has 1 fully saturated rings. The summed E-state index contributed by atoms with van der Waals surface area (Å²) in [5.41, 5.74) is 0.516. The van der Waals surface area contributed by atoms with Gasteiger partial charge >= 0.3 is 0 Å². The molecule has 0 bridgehead atoms. The van der Waals surface area contributed by atoms with Gasteiger partial charge in [-0.05, 0) is 46.2 Å². The number of hydrogen-bond donors (Lipinski definition) is 1. The fourth-order valence-electron chi connectivity index (χ4n) is 3.48. The Hall–Kier alpha value is -2.48. The van der Waals surface area contributed by atoms with Gasteiger partial charge in [-0.15, -0.1) is 0 Å². The molecule has 0 spiro atoms. The number of benzene rings is 1. The second-order valence-electron chi connectivity index (χ2n) is 6.98. The molecule has 0 aromatic heterocycles. The smallest absolute Gasteiger partial charge is 0.254 e. The van der Waals surface area contributed by atoms with Gasteiger partial charge in [0.05, 0.1) is 26.4 Å². The molecule has 0 unspecified atom stereocenters. The molecular weight excluding hydrogens is 386 g/mol. The largest absolute Gasteiger partial charge is 0.490 e. The maximum Gasteiger partial charge on any atom is 0.254 e. The van der Waals surface area contributed by atoms with Crippen LogP contribution in [0.5, 0.6) is 17.2 Å². The quantitative estimate of drug-likeness (QED) is 0.624. The lowest BCUT2D eigenvalue weighted by Gasteiger charge is -2.23. The molecule has 0 aliphatic carbocycles. The Morgan fingerprint density at radius 2 is 1.53 bits per heavy atom. The second kappa shape index (κ2) is 12.3. The average molecular weight is 422 g/mol. The molecule has 2 amide bonds. The van der Waals surface area contributed by atoms with Crippen molar-refractivity contribution >= 4 is 11.8 Å². The Morgan fingerprint density at radius 1 is 0.900 bits per heavy atom. The predicted molar refractivity (Wildman–Crippen MR) is 116 cm³/mol. The summed E-state index contributed by atoms with van der Waals surface area (Å²) >= 11 is 0. The number of likely N-dealkylation sites (N-methyl/N-ethyl adjacent to an activating group) is 1. The standard InChI is InChI=1S/C22H35N3O5/c1-5-23-20(26)16-24-10-9-11-25(13-12-24)22(27)17-14-18(28-6-2)21(30-8-4)19(15-17)29-7-3/h14-15H,5-13,16H2,1-4H3,(H,23,26). The number of nitrogens with one attached hydrogen (secondary N) is 1. The van der Waals surface area contributed by atoms with Crippen LogP contribution < -0.4 is 19.5 Å². The van der Waals surface area contributed by atoms with E-state index >= 15 is 0 Å². The van der Waals surface area contributed by atoms with E-state index in [1.54, 1.807) is 12.1 Å². The third-order valence-electron chi connectivity index (χ3n) is 4.77. The van der Waals surface area contributed by atoms with E-state index in [1.807, 2.05) is 32.6 Å². The molecule has 1 heterocycles. The van der Waals surface area contributed by atoms with E-state index in [4.69, 9.17) is 14.2 Å². The van der Waals surface area contributed by atoms with E-state index in [9.17, 15) is 9.59 Å². The maximum absolute atomic E-state index is 13.2. The minimum atomic E-state index is -0.0696. The highest BCUT2D eigenvalue weighted by Crippen LogP contribution is 2.39. The molecule has 168 valence electrons. The van der Waals surface area contributed by atoms with Crippen molar-refractivity contribution in [2.75, 3.05) is 59.1 Å².